The topological polar surface area (TPSA) is 35.6 Å². The van der Waals surface area contributed by atoms with Crippen molar-refractivity contribution in [1.82, 2.24) is 19.1 Å². The molecule has 0 fully saturated rings. The lowest BCUT2D eigenvalue weighted by Gasteiger charge is -2.10. The lowest BCUT2D eigenvalue weighted by atomic mass is 10.0. The maximum Gasteiger partial charge on any atom is 0.235 e. The van der Waals surface area contributed by atoms with Gasteiger partial charge < -0.3 is 4.57 Å². The SMILES string of the molecule is c1ccc2c(c1)sc1cnc(-n3c4ccccc4c4ccc(-c5ccc(-n6c7ccccc7c7ccccc76)cc5)cc43)nc12. The molecular formula is C40H24N4S. The molecule has 5 heteroatoms. The van der Waals surface area contributed by atoms with E-state index in [1.54, 1.807) is 11.3 Å². The second-order valence-electron chi connectivity index (χ2n) is 11.5. The van der Waals surface area contributed by atoms with Gasteiger partial charge >= 0.3 is 0 Å². The van der Waals surface area contributed by atoms with Gasteiger partial charge in [-0.05, 0) is 53.6 Å². The average molecular weight is 593 g/mol. The van der Waals surface area contributed by atoms with E-state index in [-0.39, 0.29) is 0 Å². The van der Waals surface area contributed by atoms with E-state index in [0.29, 0.717) is 5.95 Å². The zero-order valence-corrected chi connectivity index (χ0v) is 24.9. The zero-order chi connectivity index (χ0) is 29.5. The van der Waals surface area contributed by atoms with Crippen LogP contribution in [0.25, 0.3) is 86.7 Å². The van der Waals surface area contributed by atoms with Crippen molar-refractivity contribution < 1.29 is 0 Å². The molecule has 210 valence electrons. The number of thiophene rings is 1. The van der Waals surface area contributed by atoms with Crippen LogP contribution < -0.4 is 0 Å². The van der Waals surface area contributed by atoms with E-state index < -0.39 is 0 Å². The fraction of sp³-hybridized carbons (Fsp3) is 0. The molecule has 6 aromatic carbocycles. The van der Waals surface area contributed by atoms with Gasteiger partial charge in [0.25, 0.3) is 0 Å². The summed E-state index contributed by atoms with van der Waals surface area (Å²) in [6.45, 7) is 0. The van der Waals surface area contributed by atoms with Crippen LogP contribution in [0.2, 0.25) is 0 Å². The van der Waals surface area contributed by atoms with Crippen molar-refractivity contribution in [2.24, 2.45) is 0 Å². The number of para-hydroxylation sites is 3. The highest BCUT2D eigenvalue weighted by Gasteiger charge is 2.17. The van der Waals surface area contributed by atoms with Crippen molar-refractivity contribution in [2.75, 3.05) is 0 Å². The van der Waals surface area contributed by atoms with Crippen LogP contribution in [-0.4, -0.2) is 19.1 Å². The van der Waals surface area contributed by atoms with Crippen LogP contribution in [0.3, 0.4) is 0 Å². The van der Waals surface area contributed by atoms with Gasteiger partial charge in [0.05, 0.1) is 38.5 Å². The highest BCUT2D eigenvalue weighted by Crippen LogP contribution is 2.37. The molecule has 4 aromatic heterocycles. The zero-order valence-electron chi connectivity index (χ0n) is 24.1. The first-order valence-electron chi connectivity index (χ1n) is 15.1. The van der Waals surface area contributed by atoms with E-state index in [0.717, 1.165) is 32.5 Å². The molecule has 0 aliphatic rings. The first-order valence-corrected chi connectivity index (χ1v) is 15.9. The Morgan fingerprint density at radius 3 is 1.69 bits per heavy atom. The Balaban J connectivity index is 1.14. The molecule has 10 rings (SSSR count). The minimum absolute atomic E-state index is 0.691. The molecule has 4 heterocycles. The number of hydrogen-bond donors (Lipinski definition) is 0. The number of aromatic nitrogens is 4. The van der Waals surface area contributed by atoms with Gasteiger partial charge in [-0.15, -0.1) is 11.3 Å². The molecule has 0 saturated heterocycles. The Morgan fingerprint density at radius 2 is 1.00 bits per heavy atom. The van der Waals surface area contributed by atoms with Gasteiger partial charge in [-0.25, -0.2) is 9.97 Å². The summed E-state index contributed by atoms with van der Waals surface area (Å²) in [5, 5.41) is 6.10. The predicted octanol–water partition coefficient (Wildman–Crippen LogP) is 10.7. The summed E-state index contributed by atoms with van der Waals surface area (Å²) in [6.07, 6.45) is 1.97. The minimum atomic E-state index is 0.691. The Labute approximate surface area is 262 Å². The first-order chi connectivity index (χ1) is 22.3. The maximum atomic E-state index is 5.16. The third-order valence-corrected chi connectivity index (χ3v) is 10.1. The molecule has 0 bridgehead atoms. The van der Waals surface area contributed by atoms with Crippen LogP contribution in [-0.2, 0) is 0 Å². The van der Waals surface area contributed by atoms with Crippen molar-refractivity contribution in [2.45, 2.75) is 0 Å². The molecule has 0 atom stereocenters. The van der Waals surface area contributed by atoms with Crippen molar-refractivity contribution in [3.63, 3.8) is 0 Å². The molecule has 0 saturated carbocycles. The fourth-order valence-corrected chi connectivity index (χ4v) is 7.99. The molecule has 45 heavy (non-hydrogen) atoms. The monoisotopic (exact) mass is 592 g/mol. The normalized spacial score (nSPS) is 12.0. The van der Waals surface area contributed by atoms with Crippen molar-refractivity contribution in [3.05, 3.63) is 146 Å². The second-order valence-corrected chi connectivity index (χ2v) is 12.6. The predicted molar refractivity (Wildman–Crippen MR) is 189 cm³/mol. The minimum Gasteiger partial charge on any atom is -0.309 e. The van der Waals surface area contributed by atoms with Gasteiger partial charge in [0, 0.05) is 37.3 Å². The second kappa shape index (κ2) is 9.36. The summed E-state index contributed by atoms with van der Waals surface area (Å²) in [5.74, 6) is 0.691. The Morgan fingerprint density at radius 1 is 0.444 bits per heavy atom. The summed E-state index contributed by atoms with van der Waals surface area (Å²) < 4.78 is 6.90. The molecule has 0 aliphatic carbocycles. The van der Waals surface area contributed by atoms with Gasteiger partial charge in [-0.1, -0.05) is 97.1 Å². The van der Waals surface area contributed by atoms with E-state index in [1.165, 1.54) is 48.2 Å². The lowest BCUT2D eigenvalue weighted by Crippen LogP contribution is -2.00. The summed E-state index contributed by atoms with van der Waals surface area (Å²) in [7, 11) is 0. The highest BCUT2D eigenvalue weighted by molar-refractivity contribution is 7.25. The van der Waals surface area contributed by atoms with Crippen LogP contribution in [0.5, 0.6) is 0 Å². The Hall–Kier alpha value is -5.78. The number of rotatable bonds is 3. The molecule has 4 nitrogen and oxygen atoms in total. The average Bonchev–Trinajstić information content (AvgIpc) is 3.75. The van der Waals surface area contributed by atoms with Gasteiger partial charge in [0.15, 0.2) is 0 Å². The van der Waals surface area contributed by atoms with Crippen LogP contribution in [0.1, 0.15) is 0 Å². The van der Waals surface area contributed by atoms with E-state index in [1.807, 2.05) is 6.20 Å². The Kier molecular flexibility index (Phi) is 5.12. The number of nitrogens with zero attached hydrogens (tertiary/aromatic N) is 4. The van der Waals surface area contributed by atoms with E-state index in [4.69, 9.17) is 9.97 Å². The van der Waals surface area contributed by atoms with Gasteiger partial charge in [-0.3, -0.25) is 4.57 Å². The van der Waals surface area contributed by atoms with Gasteiger partial charge in [0.2, 0.25) is 5.95 Å². The number of benzene rings is 6. The van der Waals surface area contributed by atoms with Crippen molar-refractivity contribution >= 4 is 75.3 Å². The standard InChI is InChI=1S/C40H24N4S/c1-5-13-33-28(9-1)29-10-2-6-14-34(29)43(33)27-20-17-25(18-21-27)26-19-22-31-30-11-3-7-15-35(30)44(36(31)23-26)40-41-24-38-39(42-40)32-12-4-8-16-37(32)45-38/h1-24H. The Bertz CT molecular complexity index is 2710. The largest absolute Gasteiger partial charge is 0.309 e. The molecule has 0 amide bonds. The van der Waals surface area contributed by atoms with E-state index >= 15 is 0 Å². The van der Waals surface area contributed by atoms with Gasteiger partial charge in [0.1, 0.15) is 0 Å². The molecule has 0 aliphatic heterocycles. The van der Waals surface area contributed by atoms with Crippen molar-refractivity contribution in [3.8, 4) is 22.8 Å². The smallest absolute Gasteiger partial charge is 0.235 e. The molecule has 10 aromatic rings. The first kappa shape index (κ1) is 24.6. The fourth-order valence-electron chi connectivity index (χ4n) is 6.98. The molecule has 0 spiro atoms. The van der Waals surface area contributed by atoms with Crippen LogP contribution in [0.15, 0.2) is 146 Å². The summed E-state index contributed by atoms with van der Waals surface area (Å²) in [4.78, 5) is 10.1. The number of hydrogen-bond acceptors (Lipinski definition) is 3. The highest BCUT2D eigenvalue weighted by atomic mass is 32.1. The van der Waals surface area contributed by atoms with Crippen molar-refractivity contribution in [1.29, 1.82) is 0 Å². The summed E-state index contributed by atoms with van der Waals surface area (Å²) in [6, 6.07) is 49.9. The van der Waals surface area contributed by atoms with Gasteiger partial charge in [-0.2, -0.15) is 0 Å². The third kappa shape index (κ3) is 3.59. The molecule has 0 N–H and O–H groups in total. The molecule has 0 radical (unpaired) electrons. The van der Waals surface area contributed by atoms with Crippen LogP contribution in [0.4, 0.5) is 0 Å². The summed E-state index contributed by atoms with van der Waals surface area (Å²) >= 11 is 1.74. The summed E-state index contributed by atoms with van der Waals surface area (Å²) in [5.41, 5.74) is 9.10. The molecule has 0 unspecified atom stereocenters. The van der Waals surface area contributed by atoms with E-state index in [2.05, 4.69) is 149 Å². The number of fused-ring (bicyclic) bond motifs is 9. The maximum absolute atomic E-state index is 5.16. The third-order valence-electron chi connectivity index (χ3n) is 9.02. The van der Waals surface area contributed by atoms with Crippen LogP contribution in [0, 0.1) is 0 Å². The molecular weight excluding hydrogens is 569 g/mol. The van der Waals surface area contributed by atoms with Crippen LogP contribution >= 0.6 is 11.3 Å². The van der Waals surface area contributed by atoms with E-state index in [9.17, 15) is 0 Å². The quantitative estimate of drug-likeness (QED) is 0.205. The lowest BCUT2D eigenvalue weighted by molar-refractivity contribution is 1.01.